The Labute approximate surface area is 103 Å². The zero-order chi connectivity index (χ0) is 9.07. The molecule has 0 aromatic heterocycles. The second-order valence-corrected chi connectivity index (χ2v) is 3.83. The molecule has 12 N–H and O–H groups in total. The highest BCUT2D eigenvalue weighted by atomic mass is 14.0. The summed E-state index contributed by atoms with van der Waals surface area (Å²) >= 11 is 0. The predicted molar refractivity (Wildman–Crippen MR) is 77.6 cm³/mol. The zero-order valence-electron chi connectivity index (χ0n) is 11.9. The van der Waals surface area contributed by atoms with Gasteiger partial charge in [0.25, 0.3) is 0 Å². The van der Waals surface area contributed by atoms with Crippen LogP contribution in [0.3, 0.4) is 0 Å². The molecule has 0 radical (unpaired) electrons. The molecule has 0 aliphatic heterocycles. The average Bonchev–Trinajstić information content (AvgIpc) is 2.10. The molecule has 0 spiro atoms. The summed E-state index contributed by atoms with van der Waals surface area (Å²) in [7, 11) is 0. The normalized spacial score (nSPS) is 7.88. The monoisotopic (exact) mass is 238 g/mol. The summed E-state index contributed by atoms with van der Waals surface area (Å²) in [5.41, 5.74) is 0. The number of unbranched alkanes of at least 4 members (excludes halogenated alkanes) is 9. The van der Waals surface area contributed by atoms with E-state index in [0.29, 0.717) is 0 Å². The zero-order valence-corrected chi connectivity index (χ0v) is 11.9. The highest BCUT2D eigenvalue weighted by Crippen LogP contribution is 2.09. The van der Waals surface area contributed by atoms with Gasteiger partial charge in [-0.2, -0.15) is 0 Å². The molecule has 0 aliphatic rings. The molecule has 0 rings (SSSR count). The van der Waals surface area contributed by atoms with Gasteiger partial charge in [-0.1, -0.05) is 78.1 Å². The van der Waals surface area contributed by atoms with Gasteiger partial charge in [-0.25, -0.2) is 0 Å². The fourth-order valence-electron chi connectivity index (χ4n) is 1.56. The van der Waals surface area contributed by atoms with Crippen LogP contribution in [-0.4, -0.2) is 0 Å². The topological polar surface area (TPSA) is 140 Å². The lowest BCUT2D eigenvalue weighted by Crippen LogP contribution is -1.80. The Morgan fingerprint density at radius 2 is 0.562 bits per heavy atom. The minimum absolute atomic E-state index is 0. The molecule has 0 aliphatic carbocycles. The molecular formula is C12H38N4. The first-order valence-corrected chi connectivity index (χ1v) is 5.91. The van der Waals surface area contributed by atoms with Gasteiger partial charge in [0.1, 0.15) is 0 Å². The first-order chi connectivity index (χ1) is 5.91. The van der Waals surface area contributed by atoms with Crippen molar-refractivity contribution in [2.45, 2.75) is 78.1 Å². The molecule has 16 heavy (non-hydrogen) atoms. The Morgan fingerprint density at radius 1 is 0.375 bits per heavy atom. The minimum atomic E-state index is 0. The average molecular weight is 238 g/mol. The summed E-state index contributed by atoms with van der Waals surface area (Å²) in [5.74, 6) is 0. The highest BCUT2D eigenvalue weighted by molar-refractivity contribution is 4.45. The van der Waals surface area contributed by atoms with Crippen LogP contribution in [0.25, 0.3) is 0 Å². The highest BCUT2D eigenvalue weighted by Gasteiger charge is 1.90. The molecule has 0 aromatic rings. The lowest BCUT2D eigenvalue weighted by molar-refractivity contribution is 0.562. The van der Waals surface area contributed by atoms with Crippen molar-refractivity contribution in [3.05, 3.63) is 0 Å². The van der Waals surface area contributed by atoms with Crippen molar-refractivity contribution in [3.8, 4) is 0 Å². The van der Waals surface area contributed by atoms with E-state index in [1.807, 2.05) is 0 Å². The van der Waals surface area contributed by atoms with Gasteiger partial charge >= 0.3 is 0 Å². The number of hydrogen-bond donors (Lipinski definition) is 4. The van der Waals surface area contributed by atoms with E-state index in [9.17, 15) is 0 Å². The van der Waals surface area contributed by atoms with E-state index in [2.05, 4.69) is 13.8 Å². The van der Waals surface area contributed by atoms with Crippen LogP contribution in [0, 0.1) is 0 Å². The molecule has 0 saturated heterocycles. The maximum atomic E-state index is 2.28. The van der Waals surface area contributed by atoms with Gasteiger partial charge in [0, 0.05) is 0 Å². The number of hydrogen-bond acceptors (Lipinski definition) is 4. The Balaban J connectivity index is -0.000000101. The Hall–Kier alpha value is -0.160. The molecule has 4 nitrogen and oxygen atoms in total. The minimum Gasteiger partial charge on any atom is -0.344 e. The maximum absolute atomic E-state index is 2.28. The van der Waals surface area contributed by atoms with E-state index in [-0.39, 0.29) is 24.6 Å². The largest absolute Gasteiger partial charge is 0.344 e. The van der Waals surface area contributed by atoms with Crippen LogP contribution in [0.4, 0.5) is 0 Å². The lowest BCUT2D eigenvalue weighted by Gasteiger charge is -1.99. The van der Waals surface area contributed by atoms with E-state index in [4.69, 9.17) is 0 Å². The summed E-state index contributed by atoms with van der Waals surface area (Å²) in [4.78, 5) is 0. The summed E-state index contributed by atoms with van der Waals surface area (Å²) in [6, 6.07) is 0. The fraction of sp³-hybridized carbons (Fsp3) is 1.00. The third-order valence-corrected chi connectivity index (χ3v) is 2.46. The summed E-state index contributed by atoms with van der Waals surface area (Å²) in [6.45, 7) is 4.56. The van der Waals surface area contributed by atoms with Crippen LogP contribution in [0.2, 0.25) is 0 Å². The van der Waals surface area contributed by atoms with Gasteiger partial charge in [0.15, 0.2) is 0 Å². The smallest absolute Gasteiger partial charge is 0.0533 e. The summed E-state index contributed by atoms with van der Waals surface area (Å²) in [5, 5.41) is 0. The molecule has 0 heterocycles. The molecular weight excluding hydrogens is 200 g/mol. The molecule has 106 valence electrons. The van der Waals surface area contributed by atoms with Crippen LogP contribution in [0.1, 0.15) is 78.1 Å². The second-order valence-electron chi connectivity index (χ2n) is 3.83. The van der Waals surface area contributed by atoms with Crippen LogP contribution in [-0.2, 0) is 0 Å². The van der Waals surface area contributed by atoms with Crippen molar-refractivity contribution >= 4 is 0 Å². The van der Waals surface area contributed by atoms with E-state index < -0.39 is 0 Å². The van der Waals surface area contributed by atoms with Crippen molar-refractivity contribution in [1.82, 2.24) is 24.6 Å². The molecule has 0 atom stereocenters. The van der Waals surface area contributed by atoms with E-state index in [0.717, 1.165) is 0 Å². The van der Waals surface area contributed by atoms with Crippen molar-refractivity contribution in [2.75, 3.05) is 0 Å². The van der Waals surface area contributed by atoms with Crippen molar-refractivity contribution in [3.63, 3.8) is 0 Å². The van der Waals surface area contributed by atoms with Crippen molar-refractivity contribution < 1.29 is 0 Å². The molecule has 0 aromatic carbocycles. The maximum Gasteiger partial charge on any atom is -0.0533 e. The van der Waals surface area contributed by atoms with E-state index in [1.165, 1.54) is 64.2 Å². The van der Waals surface area contributed by atoms with Gasteiger partial charge in [-0.15, -0.1) is 0 Å². The number of rotatable bonds is 9. The molecule has 0 saturated carbocycles. The fourth-order valence-corrected chi connectivity index (χ4v) is 1.56. The first kappa shape index (κ1) is 29.7. The molecule has 0 bridgehead atoms. The van der Waals surface area contributed by atoms with Crippen LogP contribution >= 0.6 is 0 Å². The Bertz CT molecular complexity index is 69.4. The Kier molecular flexibility index (Phi) is 54.5. The van der Waals surface area contributed by atoms with Gasteiger partial charge in [-0.3, -0.25) is 0 Å². The van der Waals surface area contributed by atoms with Crippen LogP contribution in [0.5, 0.6) is 0 Å². The van der Waals surface area contributed by atoms with E-state index >= 15 is 0 Å². The van der Waals surface area contributed by atoms with Gasteiger partial charge in [0.05, 0.1) is 0 Å². The Morgan fingerprint density at radius 3 is 0.750 bits per heavy atom. The SMILES string of the molecule is CCCCCCCCCCCC.N.N.N.N. The van der Waals surface area contributed by atoms with Crippen molar-refractivity contribution in [1.29, 1.82) is 0 Å². The lowest BCUT2D eigenvalue weighted by atomic mass is 10.1. The molecule has 0 amide bonds. The molecule has 4 heteroatoms. The van der Waals surface area contributed by atoms with Crippen molar-refractivity contribution in [2.24, 2.45) is 0 Å². The van der Waals surface area contributed by atoms with E-state index in [1.54, 1.807) is 0 Å². The van der Waals surface area contributed by atoms with Crippen LogP contribution in [0.15, 0.2) is 0 Å². The quantitative estimate of drug-likeness (QED) is 0.389. The summed E-state index contributed by atoms with van der Waals surface area (Å²) < 4.78 is 0. The van der Waals surface area contributed by atoms with Gasteiger partial charge < -0.3 is 24.6 Å². The third-order valence-electron chi connectivity index (χ3n) is 2.46. The second kappa shape index (κ2) is 29.4. The first-order valence-electron chi connectivity index (χ1n) is 5.91. The standard InChI is InChI=1S/C12H26.4H3N/c1-3-5-7-9-11-12-10-8-6-4-2;;;;/h3-12H2,1-2H3;4*1H3. The predicted octanol–water partition coefficient (Wildman–Crippen LogP) is 5.58. The van der Waals surface area contributed by atoms with Gasteiger partial charge in [0.2, 0.25) is 0 Å². The summed E-state index contributed by atoms with van der Waals surface area (Å²) in [6.07, 6.45) is 14.4. The third kappa shape index (κ3) is 29.2. The molecule has 0 unspecified atom stereocenters. The molecule has 0 fully saturated rings. The van der Waals surface area contributed by atoms with Crippen LogP contribution < -0.4 is 24.6 Å². The van der Waals surface area contributed by atoms with Gasteiger partial charge in [-0.05, 0) is 0 Å².